The van der Waals surface area contributed by atoms with E-state index in [0.29, 0.717) is 0 Å². The Kier molecular flexibility index (Phi) is 1.63. The van der Waals surface area contributed by atoms with E-state index in [2.05, 4.69) is 16.2 Å². The Balaban J connectivity index is 2.02. The van der Waals surface area contributed by atoms with Gasteiger partial charge in [-0.3, -0.25) is 4.98 Å². The van der Waals surface area contributed by atoms with Gasteiger partial charge in [-0.2, -0.15) is 0 Å². The molecule has 0 unspecified atom stereocenters. The minimum Gasteiger partial charge on any atom is -0.364 e. The minimum absolute atomic E-state index is 0.731. The molecule has 70 valence electrons. The molecule has 3 heteroatoms. The maximum Gasteiger partial charge on any atom is 0.124 e. The summed E-state index contributed by atoms with van der Waals surface area (Å²) in [6.45, 7) is 0. The highest BCUT2D eigenvalue weighted by molar-refractivity contribution is 5.58. The van der Waals surface area contributed by atoms with Crippen molar-refractivity contribution in [3.63, 3.8) is 0 Å². The zero-order valence-electron chi connectivity index (χ0n) is 7.68. The van der Waals surface area contributed by atoms with Crippen molar-refractivity contribution in [2.75, 3.05) is 0 Å². The summed E-state index contributed by atoms with van der Waals surface area (Å²) in [5, 5.41) is 3.89. The predicted molar refractivity (Wildman–Crippen MR) is 51.7 cm³/mol. The highest BCUT2D eigenvalue weighted by Crippen LogP contribution is 2.40. The zero-order chi connectivity index (χ0) is 9.38. The highest BCUT2D eigenvalue weighted by atomic mass is 16.5. The smallest absolute Gasteiger partial charge is 0.124 e. The average molecular weight is 186 g/mol. The van der Waals surface area contributed by atoms with Gasteiger partial charge in [0.15, 0.2) is 0 Å². The molecule has 0 bridgehead atoms. The van der Waals surface area contributed by atoms with Crippen molar-refractivity contribution in [3.8, 4) is 11.3 Å². The lowest BCUT2D eigenvalue weighted by Crippen LogP contribution is -1.85. The second-order valence-electron chi connectivity index (χ2n) is 3.67. The van der Waals surface area contributed by atoms with Gasteiger partial charge in [-0.25, -0.2) is 0 Å². The van der Waals surface area contributed by atoms with Crippen molar-refractivity contribution >= 4 is 0 Å². The molecule has 0 aromatic carbocycles. The van der Waals surface area contributed by atoms with Gasteiger partial charge in [0.25, 0.3) is 0 Å². The maximum atomic E-state index is 4.81. The highest BCUT2D eigenvalue weighted by Gasteiger charge is 2.24. The van der Waals surface area contributed by atoms with Crippen LogP contribution in [0, 0.1) is 0 Å². The van der Waals surface area contributed by atoms with Crippen LogP contribution in [0.15, 0.2) is 35.3 Å². The zero-order valence-corrected chi connectivity index (χ0v) is 7.68. The number of pyridine rings is 1. The first kappa shape index (κ1) is 7.74. The van der Waals surface area contributed by atoms with Crippen LogP contribution in [0.1, 0.15) is 24.3 Å². The summed E-state index contributed by atoms with van der Waals surface area (Å²) in [7, 11) is 0. The summed E-state index contributed by atoms with van der Waals surface area (Å²) in [4.78, 5) is 4.22. The Morgan fingerprint density at radius 2 is 2.21 bits per heavy atom. The SMILES string of the molecule is c1cc(-c2cncc(C3CC3)c2)no1. The summed E-state index contributed by atoms with van der Waals surface area (Å²) in [6.07, 6.45) is 7.94. The fraction of sp³-hybridized carbons (Fsp3) is 0.273. The van der Waals surface area contributed by atoms with E-state index in [0.717, 1.165) is 17.2 Å². The van der Waals surface area contributed by atoms with Crippen LogP contribution < -0.4 is 0 Å². The Morgan fingerprint density at radius 1 is 1.29 bits per heavy atom. The van der Waals surface area contributed by atoms with Crippen molar-refractivity contribution in [1.82, 2.24) is 10.1 Å². The van der Waals surface area contributed by atoms with E-state index in [-0.39, 0.29) is 0 Å². The summed E-state index contributed by atoms with van der Waals surface area (Å²) in [6, 6.07) is 4.01. The molecule has 0 amide bonds. The van der Waals surface area contributed by atoms with Gasteiger partial charge in [0.2, 0.25) is 0 Å². The molecule has 3 nitrogen and oxygen atoms in total. The normalized spacial score (nSPS) is 15.7. The van der Waals surface area contributed by atoms with Gasteiger partial charge in [0.1, 0.15) is 12.0 Å². The molecule has 2 aromatic heterocycles. The van der Waals surface area contributed by atoms with Gasteiger partial charge in [0, 0.05) is 24.0 Å². The first-order chi connectivity index (χ1) is 6.93. The standard InChI is InChI=1S/C11H10N2O/c1-2-8(1)9-5-10(7-12-6-9)11-3-4-14-13-11/h3-8H,1-2H2. The van der Waals surface area contributed by atoms with Crippen LogP contribution in [0.25, 0.3) is 11.3 Å². The molecule has 0 spiro atoms. The van der Waals surface area contributed by atoms with Crippen LogP contribution in [0.2, 0.25) is 0 Å². The number of hydrogen-bond donors (Lipinski definition) is 0. The van der Waals surface area contributed by atoms with Crippen molar-refractivity contribution in [1.29, 1.82) is 0 Å². The number of rotatable bonds is 2. The molecule has 1 fully saturated rings. The lowest BCUT2D eigenvalue weighted by atomic mass is 10.1. The van der Waals surface area contributed by atoms with Gasteiger partial charge in [0.05, 0.1) is 0 Å². The predicted octanol–water partition coefficient (Wildman–Crippen LogP) is 2.61. The van der Waals surface area contributed by atoms with E-state index >= 15 is 0 Å². The van der Waals surface area contributed by atoms with Gasteiger partial charge in [-0.05, 0) is 30.4 Å². The Morgan fingerprint density at radius 3 is 2.93 bits per heavy atom. The Hall–Kier alpha value is -1.64. The third kappa shape index (κ3) is 1.31. The molecular formula is C11H10N2O. The summed E-state index contributed by atoms with van der Waals surface area (Å²) in [5.41, 5.74) is 3.23. The molecular weight excluding hydrogens is 176 g/mol. The van der Waals surface area contributed by atoms with Crippen molar-refractivity contribution in [3.05, 3.63) is 36.4 Å². The molecule has 0 radical (unpaired) electrons. The monoisotopic (exact) mass is 186 g/mol. The molecule has 1 saturated carbocycles. The average Bonchev–Trinajstić information content (AvgIpc) is 2.94. The lowest BCUT2D eigenvalue weighted by molar-refractivity contribution is 0.422. The van der Waals surface area contributed by atoms with Crippen molar-refractivity contribution in [2.24, 2.45) is 0 Å². The second-order valence-corrected chi connectivity index (χ2v) is 3.67. The first-order valence-corrected chi connectivity index (χ1v) is 4.79. The van der Waals surface area contributed by atoms with E-state index < -0.39 is 0 Å². The van der Waals surface area contributed by atoms with E-state index in [1.807, 2.05) is 18.5 Å². The van der Waals surface area contributed by atoms with Gasteiger partial charge < -0.3 is 4.52 Å². The summed E-state index contributed by atoms with van der Waals surface area (Å²) < 4.78 is 4.81. The maximum absolute atomic E-state index is 4.81. The van der Waals surface area contributed by atoms with E-state index in [4.69, 9.17) is 4.52 Å². The molecule has 0 atom stereocenters. The van der Waals surface area contributed by atoms with Crippen LogP contribution >= 0.6 is 0 Å². The van der Waals surface area contributed by atoms with Crippen LogP contribution in [0.5, 0.6) is 0 Å². The molecule has 1 aliphatic carbocycles. The Bertz CT molecular complexity index is 432. The summed E-state index contributed by atoms with van der Waals surface area (Å²) in [5.74, 6) is 0.731. The second kappa shape index (κ2) is 2.94. The molecule has 3 rings (SSSR count). The largest absolute Gasteiger partial charge is 0.364 e. The number of aromatic nitrogens is 2. The molecule has 0 aliphatic heterocycles. The van der Waals surface area contributed by atoms with E-state index in [1.165, 1.54) is 18.4 Å². The van der Waals surface area contributed by atoms with Crippen LogP contribution in [0.4, 0.5) is 0 Å². The molecule has 2 heterocycles. The third-order valence-corrected chi connectivity index (χ3v) is 2.54. The molecule has 14 heavy (non-hydrogen) atoms. The quantitative estimate of drug-likeness (QED) is 0.723. The Labute approximate surface area is 81.8 Å². The molecule has 2 aromatic rings. The van der Waals surface area contributed by atoms with Gasteiger partial charge in [-0.1, -0.05) is 5.16 Å². The minimum atomic E-state index is 0.731. The van der Waals surface area contributed by atoms with Crippen LogP contribution in [0.3, 0.4) is 0 Å². The van der Waals surface area contributed by atoms with E-state index in [1.54, 1.807) is 6.26 Å². The van der Waals surface area contributed by atoms with Crippen molar-refractivity contribution in [2.45, 2.75) is 18.8 Å². The van der Waals surface area contributed by atoms with Gasteiger partial charge in [-0.15, -0.1) is 0 Å². The molecule has 1 aliphatic rings. The number of nitrogens with zero attached hydrogens (tertiary/aromatic N) is 2. The fourth-order valence-electron chi connectivity index (χ4n) is 1.60. The lowest BCUT2D eigenvalue weighted by Gasteiger charge is -1.99. The summed E-state index contributed by atoms with van der Waals surface area (Å²) >= 11 is 0. The number of hydrogen-bond acceptors (Lipinski definition) is 3. The fourth-order valence-corrected chi connectivity index (χ4v) is 1.60. The van der Waals surface area contributed by atoms with E-state index in [9.17, 15) is 0 Å². The van der Waals surface area contributed by atoms with Crippen LogP contribution in [-0.2, 0) is 0 Å². The topological polar surface area (TPSA) is 38.9 Å². The van der Waals surface area contributed by atoms with Crippen LogP contribution in [-0.4, -0.2) is 10.1 Å². The molecule has 0 N–H and O–H groups in total. The van der Waals surface area contributed by atoms with Crippen molar-refractivity contribution < 1.29 is 4.52 Å². The molecule has 0 saturated heterocycles. The van der Waals surface area contributed by atoms with Gasteiger partial charge >= 0.3 is 0 Å². The third-order valence-electron chi connectivity index (χ3n) is 2.54. The first-order valence-electron chi connectivity index (χ1n) is 4.79.